The van der Waals surface area contributed by atoms with Gasteiger partial charge in [0.25, 0.3) is 11.8 Å². The molecule has 14 atom stereocenters. The fraction of sp³-hybridized carbons (Fsp3) is 0.800. The summed E-state index contributed by atoms with van der Waals surface area (Å²) in [7, 11) is 0. The molecule has 302 valence electrons. The average Bonchev–Trinajstić information content (AvgIpc) is 3.51. The number of hydrogen-bond donors (Lipinski definition) is 6. The molecule has 6 aliphatic rings. The van der Waals surface area contributed by atoms with Gasteiger partial charge in [0.2, 0.25) is 11.8 Å². The zero-order chi connectivity index (χ0) is 39.8. The van der Waals surface area contributed by atoms with Crippen LogP contribution in [0, 0.1) is 58.7 Å². The monoisotopic (exact) mass is 781 g/mol. The van der Waals surface area contributed by atoms with Crippen molar-refractivity contribution in [1.29, 1.82) is 0 Å². The molecule has 2 aliphatic heterocycles. The number of fused-ring (bicyclic) bond motifs is 6. The zero-order valence-corrected chi connectivity index (χ0v) is 33.4. The summed E-state index contributed by atoms with van der Waals surface area (Å²) in [5, 5.41) is 44.8. The number of β-lactam (4-membered cyclic amide) rings is 1. The van der Waals surface area contributed by atoms with E-state index in [0.29, 0.717) is 48.3 Å². The SMILES string of the molecule is C#CCC(NC(=O)CCCN=[N+]=[N-])NC(=O)C1=C(C)CSC2C(NC(=O)CC[C@@H](C)[C@H]3CC[C@H]4[C@@H]5C(O)C(O)[C@@H]6C[C@H](O)CC[C@]6(C)[C@H]5CC[C@]34C)C(=O)N12. The molecule has 5 unspecified atom stereocenters. The summed E-state index contributed by atoms with van der Waals surface area (Å²) in [5.41, 5.74) is 9.23. The second-order valence-corrected chi connectivity index (χ2v) is 18.8. The molecule has 15 heteroatoms. The van der Waals surface area contributed by atoms with Crippen molar-refractivity contribution < 1.29 is 34.5 Å². The number of aliphatic hydroxyl groups is 3. The van der Waals surface area contributed by atoms with Crippen molar-refractivity contribution in [2.24, 2.45) is 51.5 Å². The predicted molar refractivity (Wildman–Crippen MR) is 207 cm³/mol. The maximum atomic E-state index is 13.5. The van der Waals surface area contributed by atoms with Crippen molar-refractivity contribution in [3.8, 4) is 12.3 Å². The first-order valence-corrected chi connectivity index (χ1v) is 21.2. The van der Waals surface area contributed by atoms with Crippen molar-refractivity contribution in [3.05, 3.63) is 21.7 Å². The van der Waals surface area contributed by atoms with Crippen molar-refractivity contribution in [1.82, 2.24) is 20.9 Å². The van der Waals surface area contributed by atoms with Crippen LogP contribution in [-0.2, 0) is 19.2 Å². The van der Waals surface area contributed by atoms with Gasteiger partial charge in [0, 0.05) is 36.5 Å². The standard InChI is InChI=1S/C40H59N7O7S/c1-6-8-28(43-29(49)9-7-18-42-46-41)44-36(53)33-22(3)20-55-38-32(37(54)47(33)38)45-30(50)13-10-21(2)24-11-12-25-31-26(15-17-39(24,25)4)40(5)16-14-23(48)19-27(40)34(51)35(31)52/h1,21,23-28,31-32,34-35,38,48,51-52H,7-20H2,2-5H3,(H,43,49)(H,44,53)(H,45,50)/t21-,23-,24-,25+,26+,27+,28?,31+,32?,34?,35?,38?,39-,40-/m1/s1. The van der Waals surface area contributed by atoms with Gasteiger partial charge in [0.15, 0.2) is 0 Å². The van der Waals surface area contributed by atoms with E-state index in [1.54, 1.807) is 6.92 Å². The third-order valence-corrected chi connectivity index (χ3v) is 16.1. The van der Waals surface area contributed by atoms with Crippen LogP contribution in [0.3, 0.4) is 0 Å². The van der Waals surface area contributed by atoms with Crippen molar-refractivity contribution in [2.45, 2.75) is 141 Å². The number of terminal acetylenes is 1. The lowest BCUT2D eigenvalue weighted by Gasteiger charge is -2.63. The molecule has 0 bridgehead atoms. The highest BCUT2D eigenvalue weighted by Gasteiger charge is 2.65. The molecule has 0 aromatic rings. The van der Waals surface area contributed by atoms with Crippen LogP contribution in [0.2, 0.25) is 0 Å². The van der Waals surface area contributed by atoms with Crippen LogP contribution in [0.4, 0.5) is 0 Å². The molecule has 0 radical (unpaired) electrons. The lowest BCUT2D eigenvalue weighted by Crippen LogP contribution is -2.71. The van der Waals surface area contributed by atoms with Gasteiger partial charge in [-0.3, -0.25) is 24.1 Å². The van der Waals surface area contributed by atoms with Crippen LogP contribution < -0.4 is 16.0 Å². The first-order chi connectivity index (χ1) is 26.2. The van der Waals surface area contributed by atoms with Gasteiger partial charge in [-0.25, -0.2) is 0 Å². The maximum absolute atomic E-state index is 13.5. The highest BCUT2D eigenvalue weighted by Crippen LogP contribution is 2.68. The summed E-state index contributed by atoms with van der Waals surface area (Å²) in [5.74, 6) is 2.65. The van der Waals surface area contributed by atoms with E-state index in [0.717, 1.165) is 38.5 Å². The summed E-state index contributed by atoms with van der Waals surface area (Å²) in [6.45, 7) is 8.81. The molecule has 1 saturated heterocycles. The number of carbonyl (C=O) groups is 4. The zero-order valence-electron chi connectivity index (χ0n) is 32.6. The summed E-state index contributed by atoms with van der Waals surface area (Å²) in [6.07, 6.45) is 10.2. The van der Waals surface area contributed by atoms with Gasteiger partial charge in [-0.15, -0.1) is 24.1 Å². The Morgan fingerprint density at radius 3 is 2.49 bits per heavy atom. The molecule has 6 rings (SSSR count). The minimum atomic E-state index is -0.860. The van der Waals surface area contributed by atoms with Gasteiger partial charge < -0.3 is 31.3 Å². The molecule has 4 saturated carbocycles. The fourth-order valence-electron chi connectivity index (χ4n) is 11.9. The Balaban J connectivity index is 1.02. The molecule has 55 heavy (non-hydrogen) atoms. The molecule has 0 aromatic carbocycles. The quantitative estimate of drug-likeness (QED) is 0.0307. The minimum Gasteiger partial charge on any atom is -0.393 e. The van der Waals surface area contributed by atoms with E-state index in [1.165, 1.54) is 16.7 Å². The van der Waals surface area contributed by atoms with E-state index in [4.69, 9.17) is 12.0 Å². The van der Waals surface area contributed by atoms with Gasteiger partial charge in [0.1, 0.15) is 23.3 Å². The summed E-state index contributed by atoms with van der Waals surface area (Å²) < 4.78 is 0. The molecule has 5 fully saturated rings. The second kappa shape index (κ2) is 16.7. The largest absolute Gasteiger partial charge is 0.393 e. The number of carbonyl (C=O) groups excluding carboxylic acids is 4. The molecule has 4 amide bonds. The van der Waals surface area contributed by atoms with Gasteiger partial charge in [-0.2, -0.15) is 0 Å². The Morgan fingerprint density at radius 1 is 1.04 bits per heavy atom. The highest BCUT2D eigenvalue weighted by atomic mass is 32.2. The molecular formula is C40H59N7O7S. The third kappa shape index (κ3) is 7.74. The molecule has 0 aromatic heterocycles. The normalized spacial score (nSPS) is 38.7. The number of hydrogen-bond acceptors (Lipinski definition) is 9. The second-order valence-electron chi connectivity index (χ2n) is 17.7. The minimum absolute atomic E-state index is 0.00535. The first kappa shape index (κ1) is 41.4. The number of amides is 4. The van der Waals surface area contributed by atoms with Gasteiger partial charge in [0.05, 0.1) is 18.3 Å². The third-order valence-electron chi connectivity index (χ3n) is 14.7. The number of nitrogens with zero attached hydrogens (tertiary/aromatic N) is 4. The topological polar surface area (TPSA) is 217 Å². The van der Waals surface area contributed by atoms with Gasteiger partial charge in [-0.1, -0.05) is 25.9 Å². The number of thioether (sulfide) groups is 1. The lowest BCUT2D eigenvalue weighted by molar-refractivity contribution is -0.223. The number of aliphatic hydroxyl groups excluding tert-OH is 3. The fourth-order valence-corrected chi connectivity index (χ4v) is 13.2. The molecule has 14 nitrogen and oxygen atoms in total. The molecule has 2 heterocycles. The van der Waals surface area contributed by atoms with Crippen molar-refractivity contribution in [2.75, 3.05) is 12.3 Å². The van der Waals surface area contributed by atoms with E-state index in [-0.39, 0.29) is 77.8 Å². The van der Waals surface area contributed by atoms with E-state index in [1.807, 2.05) is 0 Å². The number of nitrogens with one attached hydrogen (secondary N) is 3. The Bertz CT molecular complexity index is 1650. The van der Waals surface area contributed by atoms with E-state index in [9.17, 15) is 34.5 Å². The average molecular weight is 782 g/mol. The Labute approximate surface area is 328 Å². The summed E-state index contributed by atoms with van der Waals surface area (Å²) >= 11 is 1.49. The highest BCUT2D eigenvalue weighted by molar-refractivity contribution is 8.00. The Kier molecular flexibility index (Phi) is 12.5. The molecule has 6 N–H and O–H groups in total. The molecule has 0 spiro atoms. The van der Waals surface area contributed by atoms with E-state index >= 15 is 0 Å². The van der Waals surface area contributed by atoms with Crippen LogP contribution in [0.15, 0.2) is 16.4 Å². The van der Waals surface area contributed by atoms with Crippen molar-refractivity contribution in [3.63, 3.8) is 0 Å². The van der Waals surface area contributed by atoms with Crippen LogP contribution >= 0.6 is 11.8 Å². The van der Waals surface area contributed by atoms with Crippen LogP contribution in [-0.4, -0.2) is 92.0 Å². The van der Waals surface area contributed by atoms with Crippen molar-refractivity contribution >= 4 is 35.4 Å². The summed E-state index contributed by atoms with van der Waals surface area (Å²) in [6, 6.07) is -0.755. The van der Waals surface area contributed by atoms with E-state index < -0.39 is 41.8 Å². The van der Waals surface area contributed by atoms with Gasteiger partial charge >= 0.3 is 0 Å². The lowest BCUT2D eigenvalue weighted by atomic mass is 9.43. The van der Waals surface area contributed by atoms with Crippen LogP contribution in [0.1, 0.15) is 105 Å². The van der Waals surface area contributed by atoms with Gasteiger partial charge in [-0.05, 0) is 122 Å². The Morgan fingerprint density at radius 2 is 1.76 bits per heavy atom. The molecular weight excluding hydrogens is 723 g/mol. The van der Waals surface area contributed by atoms with E-state index in [2.05, 4.69) is 52.7 Å². The first-order valence-electron chi connectivity index (χ1n) is 20.2. The smallest absolute Gasteiger partial charge is 0.269 e. The van der Waals surface area contributed by atoms with Crippen LogP contribution in [0.5, 0.6) is 0 Å². The van der Waals surface area contributed by atoms with Crippen LogP contribution in [0.25, 0.3) is 10.4 Å². The summed E-state index contributed by atoms with van der Waals surface area (Å²) in [4.78, 5) is 56.9. The maximum Gasteiger partial charge on any atom is 0.269 e. The molecule has 4 aliphatic carbocycles. The number of azide groups is 1. The predicted octanol–water partition coefficient (Wildman–Crippen LogP) is 3.71. The number of rotatable bonds is 13. The Hall–Kier alpha value is -3.28.